The van der Waals surface area contributed by atoms with Crippen LogP contribution in [0.25, 0.3) is 11.1 Å². The van der Waals surface area contributed by atoms with Gasteiger partial charge in [0.1, 0.15) is 0 Å². The van der Waals surface area contributed by atoms with Crippen molar-refractivity contribution in [3.8, 4) is 23.7 Å². The van der Waals surface area contributed by atoms with Crippen LogP contribution in [-0.2, 0) is 5.04 Å². The number of hydrogen-bond donors (Lipinski definition) is 0. The molecule has 0 saturated heterocycles. The van der Waals surface area contributed by atoms with Crippen LogP contribution in [0.15, 0.2) is 200 Å². The standard InChI is InChI=1S/C54H42Si/c1-53(2,3)54(49-36-22-33-43(39-37-41-23-10-4-11-24-41)48(49)40-38-42-25-12-5-13-26-42)51(45-29-16-7-17-30-45)50(44-27-14-6-15-28-44)52(46-31-18-8-19-32-46)55(54)47-34-20-9-21-35-47/h4-36H,1-3H3. The van der Waals surface area contributed by atoms with Gasteiger partial charge in [-0.2, -0.15) is 0 Å². The molecule has 55 heavy (non-hydrogen) atoms. The molecule has 1 aliphatic heterocycles. The number of allylic oxidation sites excluding steroid dienone is 2. The summed E-state index contributed by atoms with van der Waals surface area (Å²) in [6, 6.07) is 71.9. The van der Waals surface area contributed by atoms with E-state index in [1.807, 2.05) is 24.3 Å². The molecule has 0 nitrogen and oxygen atoms in total. The molecule has 7 aromatic rings. The molecule has 8 rings (SSSR count). The highest BCUT2D eigenvalue weighted by Crippen LogP contribution is 2.58. The molecule has 1 heteroatoms. The van der Waals surface area contributed by atoms with Gasteiger partial charge in [-0.25, -0.2) is 0 Å². The van der Waals surface area contributed by atoms with Gasteiger partial charge in [-0.15, -0.1) is 0 Å². The molecule has 0 aliphatic carbocycles. The summed E-state index contributed by atoms with van der Waals surface area (Å²) in [6.45, 7) is 7.32. The number of hydrogen-bond acceptors (Lipinski definition) is 0. The van der Waals surface area contributed by atoms with Gasteiger partial charge in [0, 0.05) is 27.3 Å². The van der Waals surface area contributed by atoms with Crippen LogP contribution in [0.4, 0.5) is 0 Å². The highest BCUT2D eigenvalue weighted by Gasteiger charge is 2.57. The molecule has 1 aliphatic rings. The summed E-state index contributed by atoms with van der Waals surface area (Å²) in [5.41, 5.74) is 11.2. The monoisotopic (exact) mass is 718 g/mol. The molecule has 0 N–H and O–H groups in total. The van der Waals surface area contributed by atoms with Crippen molar-refractivity contribution in [1.82, 2.24) is 0 Å². The minimum atomic E-state index is -1.74. The molecule has 0 spiro atoms. The Hall–Kier alpha value is -6.51. The molecule has 7 aromatic carbocycles. The summed E-state index contributed by atoms with van der Waals surface area (Å²) in [6.07, 6.45) is 0. The van der Waals surface area contributed by atoms with Crippen LogP contribution in [0, 0.1) is 29.1 Å². The lowest BCUT2D eigenvalue weighted by Gasteiger charge is -2.48. The van der Waals surface area contributed by atoms with E-state index in [0.29, 0.717) is 0 Å². The van der Waals surface area contributed by atoms with E-state index in [1.54, 1.807) is 0 Å². The molecule has 0 bridgehead atoms. The Morgan fingerprint density at radius 3 is 1.40 bits per heavy atom. The molecule has 1 heterocycles. The van der Waals surface area contributed by atoms with Gasteiger partial charge < -0.3 is 0 Å². The first kappa shape index (κ1) is 35.5. The first-order chi connectivity index (χ1) is 27.0. The van der Waals surface area contributed by atoms with Crippen LogP contribution >= 0.6 is 0 Å². The lowest BCUT2D eigenvalue weighted by Crippen LogP contribution is -2.54. The maximum Gasteiger partial charge on any atom is 0.0721 e. The summed E-state index contributed by atoms with van der Waals surface area (Å²) in [5.74, 6) is 14.5. The van der Waals surface area contributed by atoms with Crippen molar-refractivity contribution in [3.63, 3.8) is 0 Å². The fraction of sp³-hybridized carbons (Fsp3) is 0.0926. The zero-order valence-corrected chi connectivity index (χ0v) is 32.6. The molecule has 0 fully saturated rings. The van der Waals surface area contributed by atoms with E-state index in [9.17, 15) is 0 Å². The van der Waals surface area contributed by atoms with Crippen LogP contribution in [0.3, 0.4) is 0 Å². The van der Waals surface area contributed by atoms with E-state index in [0.717, 1.165) is 22.3 Å². The SMILES string of the molecule is CC(C)(C)C1(c2cccc(C#Cc3ccccc3)c2C#Cc2ccccc2)C(c2ccccc2)=C(c2ccccc2)C(c2ccccc2)=[Si]1c1ccccc1. The second-order valence-corrected chi connectivity index (χ2v) is 17.5. The van der Waals surface area contributed by atoms with Crippen molar-refractivity contribution in [3.05, 3.63) is 245 Å². The lowest BCUT2D eigenvalue weighted by molar-refractivity contribution is 0.332. The largest absolute Gasteiger partial charge is 0.0721 e. The summed E-state index contributed by atoms with van der Waals surface area (Å²) in [7, 11) is -1.74. The van der Waals surface area contributed by atoms with Gasteiger partial charge in [0.2, 0.25) is 0 Å². The van der Waals surface area contributed by atoms with Crippen LogP contribution in [0.5, 0.6) is 0 Å². The van der Waals surface area contributed by atoms with Gasteiger partial charge in [0.05, 0.1) is 8.41 Å². The van der Waals surface area contributed by atoms with Crippen molar-refractivity contribution in [2.75, 3.05) is 0 Å². The predicted molar refractivity (Wildman–Crippen MR) is 234 cm³/mol. The molecule has 0 aromatic heterocycles. The maximum absolute atomic E-state index is 3.79. The third-order valence-electron chi connectivity index (χ3n) is 10.6. The second-order valence-electron chi connectivity index (χ2n) is 14.9. The smallest absolute Gasteiger partial charge is 0.0623 e. The summed E-state index contributed by atoms with van der Waals surface area (Å²) in [4.78, 5) is 0. The van der Waals surface area contributed by atoms with Crippen molar-refractivity contribution in [2.45, 2.75) is 25.8 Å². The Labute approximate surface area is 328 Å². The fourth-order valence-electron chi connectivity index (χ4n) is 8.31. The quantitative estimate of drug-likeness (QED) is 0.123. The lowest BCUT2D eigenvalue weighted by atomic mass is 9.66. The molecule has 1 unspecified atom stereocenters. The molecule has 0 amide bonds. The van der Waals surface area contributed by atoms with Gasteiger partial charge in [0.25, 0.3) is 0 Å². The fourth-order valence-corrected chi connectivity index (χ4v) is 12.7. The average Bonchev–Trinajstić information content (AvgIpc) is 3.58. The Balaban J connectivity index is 1.60. The zero-order valence-electron chi connectivity index (χ0n) is 31.6. The Morgan fingerprint density at radius 2 is 0.873 bits per heavy atom. The van der Waals surface area contributed by atoms with E-state index < -0.39 is 13.4 Å². The molecular formula is C54H42Si. The van der Waals surface area contributed by atoms with E-state index in [1.165, 1.54) is 43.8 Å². The predicted octanol–water partition coefficient (Wildman–Crippen LogP) is 11.1. The highest BCUT2D eigenvalue weighted by molar-refractivity contribution is 6.96. The second kappa shape index (κ2) is 15.5. The van der Waals surface area contributed by atoms with E-state index in [-0.39, 0.29) is 5.41 Å². The molecule has 0 saturated carbocycles. The summed E-state index contributed by atoms with van der Waals surface area (Å²) >= 11 is 0. The Bertz CT molecular complexity index is 2530. The summed E-state index contributed by atoms with van der Waals surface area (Å²) < 4.78 is 0. The number of rotatable bonds is 5. The van der Waals surface area contributed by atoms with E-state index in [4.69, 9.17) is 0 Å². The van der Waals surface area contributed by atoms with Crippen LogP contribution in [0.1, 0.15) is 65.3 Å². The normalized spacial score (nSPS) is 15.2. The van der Waals surface area contributed by atoms with Gasteiger partial charge >= 0.3 is 0 Å². The Morgan fingerprint density at radius 1 is 0.418 bits per heavy atom. The first-order valence-corrected chi connectivity index (χ1v) is 20.5. The van der Waals surface area contributed by atoms with Crippen LogP contribution in [0.2, 0.25) is 0 Å². The highest BCUT2D eigenvalue weighted by atomic mass is 28.2. The topological polar surface area (TPSA) is 0 Å². The van der Waals surface area contributed by atoms with E-state index in [2.05, 4.69) is 220 Å². The Kier molecular flexibility index (Phi) is 9.98. The summed E-state index contributed by atoms with van der Waals surface area (Å²) in [5, 5.41) is 2.25. The van der Waals surface area contributed by atoms with Gasteiger partial charge in [0.15, 0.2) is 0 Å². The van der Waals surface area contributed by atoms with Gasteiger partial charge in [-0.1, -0.05) is 214 Å². The van der Waals surface area contributed by atoms with Crippen molar-refractivity contribution in [1.29, 1.82) is 0 Å². The van der Waals surface area contributed by atoms with Crippen LogP contribution in [-0.4, -0.2) is 13.6 Å². The van der Waals surface area contributed by atoms with E-state index >= 15 is 0 Å². The molecule has 0 radical (unpaired) electrons. The van der Waals surface area contributed by atoms with Gasteiger partial charge in [-0.3, -0.25) is 0 Å². The minimum absolute atomic E-state index is 0.298. The number of benzene rings is 7. The third kappa shape index (κ3) is 6.77. The van der Waals surface area contributed by atoms with Crippen molar-refractivity contribution in [2.24, 2.45) is 5.41 Å². The third-order valence-corrected chi connectivity index (χ3v) is 14.5. The first-order valence-electron chi connectivity index (χ1n) is 19.0. The van der Waals surface area contributed by atoms with Crippen molar-refractivity contribution >= 4 is 29.9 Å². The van der Waals surface area contributed by atoms with Crippen molar-refractivity contribution < 1.29 is 0 Å². The maximum atomic E-state index is 3.79. The minimum Gasteiger partial charge on any atom is -0.0623 e. The molecular weight excluding hydrogens is 677 g/mol. The van der Waals surface area contributed by atoms with Crippen LogP contribution < -0.4 is 5.19 Å². The van der Waals surface area contributed by atoms with Gasteiger partial charge in [-0.05, 0) is 79.5 Å². The zero-order chi connectivity index (χ0) is 37.7. The molecule has 262 valence electrons. The average molecular weight is 719 g/mol. The molecule has 1 atom stereocenters.